The highest BCUT2D eigenvalue weighted by Gasteiger charge is 2.37. The Bertz CT molecular complexity index is 683. The van der Waals surface area contributed by atoms with Gasteiger partial charge in [-0.3, -0.25) is 4.98 Å². The molecule has 2 heterocycles. The predicted octanol–water partition coefficient (Wildman–Crippen LogP) is 4.27. The lowest BCUT2D eigenvalue weighted by atomic mass is 9.92. The summed E-state index contributed by atoms with van der Waals surface area (Å²) in [6.07, 6.45) is 6.05. The molecule has 1 aliphatic heterocycles. The molecule has 1 aromatic carbocycles. The molecule has 0 saturated heterocycles. The van der Waals surface area contributed by atoms with Gasteiger partial charge in [-0.25, -0.2) is 0 Å². The van der Waals surface area contributed by atoms with Crippen LogP contribution in [0.4, 0.5) is 5.69 Å². The van der Waals surface area contributed by atoms with Gasteiger partial charge < -0.3 is 9.80 Å². The fourth-order valence-electron chi connectivity index (χ4n) is 4.11. The number of nitrogens with zero attached hydrogens (tertiary/aromatic N) is 3. The van der Waals surface area contributed by atoms with Crippen LogP contribution < -0.4 is 4.90 Å². The molecule has 3 nitrogen and oxygen atoms in total. The Kier molecular flexibility index (Phi) is 5.74. The number of rotatable bonds is 7. The summed E-state index contributed by atoms with van der Waals surface area (Å²) < 4.78 is 0. The third-order valence-electron chi connectivity index (χ3n) is 5.61. The van der Waals surface area contributed by atoms with E-state index in [9.17, 15) is 0 Å². The van der Waals surface area contributed by atoms with E-state index < -0.39 is 0 Å². The molecular weight excluding hydrogens is 306 g/mol. The highest BCUT2D eigenvalue weighted by atomic mass is 15.2. The van der Waals surface area contributed by atoms with Crippen LogP contribution in [-0.2, 0) is 6.42 Å². The molecule has 1 unspecified atom stereocenters. The van der Waals surface area contributed by atoms with Gasteiger partial charge in [-0.2, -0.15) is 0 Å². The van der Waals surface area contributed by atoms with E-state index in [0.717, 1.165) is 26.1 Å². The maximum absolute atomic E-state index is 4.14. The van der Waals surface area contributed by atoms with Gasteiger partial charge in [0.15, 0.2) is 0 Å². The molecule has 1 aliphatic rings. The standard InChI is InChI=1S/C22H31N3/c1-5-21-20(16-24(4)6-2)19-15-17(3)7-8-22(19)25(21)14-11-18-9-12-23-13-10-18/h7-10,12-13,15,20-21H,5-6,11,14,16H2,1-4H3/t20-,21?/m0/s1. The number of hydrogen-bond donors (Lipinski definition) is 0. The molecule has 0 aliphatic carbocycles. The van der Waals surface area contributed by atoms with Crippen LogP contribution in [-0.4, -0.2) is 42.6 Å². The zero-order valence-electron chi connectivity index (χ0n) is 16.1. The number of fused-ring (bicyclic) bond motifs is 1. The van der Waals surface area contributed by atoms with Gasteiger partial charge in [0.25, 0.3) is 0 Å². The predicted molar refractivity (Wildman–Crippen MR) is 106 cm³/mol. The second kappa shape index (κ2) is 8.01. The van der Waals surface area contributed by atoms with Gasteiger partial charge in [-0.1, -0.05) is 31.5 Å². The first kappa shape index (κ1) is 17.9. The minimum absolute atomic E-state index is 0.590. The third-order valence-corrected chi connectivity index (χ3v) is 5.61. The molecule has 3 rings (SSSR count). The SMILES string of the molecule is CCC1[C@@H](CN(C)CC)c2cc(C)ccc2N1CCc1ccncc1. The van der Waals surface area contributed by atoms with E-state index in [-0.39, 0.29) is 0 Å². The van der Waals surface area contributed by atoms with Crippen LogP contribution in [0.15, 0.2) is 42.7 Å². The van der Waals surface area contributed by atoms with Crippen LogP contribution in [0.5, 0.6) is 0 Å². The van der Waals surface area contributed by atoms with Crippen molar-refractivity contribution in [3.05, 3.63) is 59.4 Å². The highest BCUT2D eigenvalue weighted by Crippen LogP contribution is 2.43. The molecule has 0 fully saturated rings. The van der Waals surface area contributed by atoms with Crippen molar-refractivity contribution in [1.29, 1.82) is 0 Å². The largest absolute Gasteiger partial charge is 0.367 e. The second-order valence-corrected chi connectivity index (χ2v) is 7.30. The van der Waals surface area contributed by atoms with Crippen LogP contribution in [0.2, 0.25) is 0 Å². The van der Waals surface area contributed by atoms with Crippen molar-refractivity contribution in [1.82, 2.24) is 9.88 Å². The van der Waals surface area contributed by atoms with Crippen molar-refractivity contribution in [2.45, 2.75) is 45.6 Å². The number of likely N-dealkylation sites (N-methyl/N-ethyl adjacent to an activating group) is 1. The summed E-state index contributed by atoms with van der Waals surface area (Å²) >= 11 is 0. The summed E-state index contributed by atoms with van der Waals surface area (Å²) in [5, 5.41) is 0. The normalized spacial score (nSPS) is 19.5. The first-order valence-electron chi connectivity index (χ1n) is 9.58. The number of anilines is 1. The van der Waals surface area contributed by atoms with Gasteiger partial charge in [0.1, 0.15) is 0 Å². The molecule has 0 saturated carbocycles. The number of aryl methyl sites for hydroxylation is 1. The van der Waals surface area contributed by atoms with Gasteiger partial charge in [-0.05, 0) is 62.7 Å². The topological polar surface area (TPSA) is 19.4 Å². The quantitative estimate of drug-likeness (QED) is 0.752. The molecule has 25 heavy (non-hydrogen) atoms. The summed E-state index contributed by atoms with van der Waals surface area (Å²) in [4.78, 5) is 9.24. The van der Waals surface area contributed by atoms with Crippen molar-refractivity contribution < 1.29 is 0 Å². The second-order valence-electron chi connectivity index (χ2n) is 7.30. The van der Waals surface area contributed by atoms with Gasteiger partial charge in [-0.15, -0.1) is 0 Å². The number of hydrogen-bond acceptors (Lipinski definition) is 3. The molecule has 1 aromatic heterocycles. The van der Waals surface area contributed by atoms with Crippen molar-refractivity contribution in [3.8, 4) is 0 Å². The van der Waals surface area contributed by atoms with E-state index >= 15 is 0 Å². The molecule has 134 valence electrons. The summed E-state index contributed by atoms with van der Waals surface area (Å²) in [5.74, 6) is 0.599. The maximum atomic E-state index is 4.14. The van der Waals surface area contributed by atoms with Gasteiger partial charge in [0.05, 0.1) is 0 Å². The van der Waals surface area contributed by atoms with E-state index in [2.05, 4.69) is 72.9 Å². The van der Waals surface area contributed by atoms with Crippen LogP contribution in [0.25, 0.3) is 0 Å². The van der Waals surface area contributed by atoms with E-state index in [1.54, 1.807) is 5.56 Å². The van der Waals surface area contributed by atoms with E-state index in [1.807, 2.05) is 12.4 Å². The molecule has 0 radical (unpaired) electrons. The third kappa shape index (κ3) is 3.87. The Balaban J connectivity index is 1.86. The number of benzene rings is 1. The molecule has 2 aromatic rings. The lowest BCUT2D eigenvalue weighted by molar-refractivity contribution is 0.307. The van der Waals surface area contributed by atoms with Crippen molar-refractivity contribution >= 4 is 5.69 Å². The summed E-state index contributed by atoms with van der Waals surface area (Å²) in [6.45, 7) is 10.1. The van der Waals surface area contributed by atoms with Gasteiger partial charge in [0.2, 0.25) is 0 Å². The lowest BCUT2D eigenvalue weighted by Gasteiger charge is -2.31. The summed E-state index contributed by atoms with van der Waals surface area (Å²) in [6, 6.07) is 11.9. The van der Waals surface area contributed by atoms with E-state index in [4.69, 9.17) is 0 Å². The highest BCUT2D eigenvalue weighted by molar-refractivity contribution is 5.63. The molecule has 0 amide bonds. The molecular formula is C22H31N3. The van der Waals surface area contributed by atoms with E-state index in [0.29, 0.717) is 12.0 Å². The van der Waals surface area contributed by atoms with Crippen molar-refractivity contribution in [3.63, 3.8) is 0 Å². The van der Waals surface area contributed by atoms with Gasteiger partial charge in [0, 0.05) is 43.1 Å². The molecule has 2 atom stereocenters. The molecule has 3 heteroatoms. The Morgan fingerprint density at radius 1 is 1.12 bits per heavy atom. The maximum Gasteiger partial charge on any atom is 0.0405 e. The first-order chi connectivity index (χ1) is 12.1. The Labute approximate surface area is 152 Å². The molecule has 0 N–H and O–H groups in total. The van der Waals surface area contributed by atoms with Crippen LogP contribution in [0.3, 0.4) is 0 Å². The smallest absolute Gasteiger partial charge is 0.0405 e. The lowest BCUT2D eigenvalue weighted by Crippen LogP contribution is -2.38. The zero-order chi connectivity index (χ0) is 17.8. The van der Waals surface area contributed by atoms with Crippen molar-refractivity contribution in [2.24, 2.45) is 0 Å². The number of aromatic nitrogens is 1. The van der Waals surface area contributed by atoms with Crippen LogP contribution in [0, 0.1) is 6.92 Å². The summed E-state index contributed by atoms with van der Waals surface area (Å²) in [5.41, 5.74) is 5.73. The molecule has 0 spiro atoms. The average molecular weight is 338 g/mol. The fourth-order valence-corrected chi connectivity index (χ4v) is 4.11. The Morgan fingerprint density at radius 3 is 2.56 bits per heavy atom. The van der Waals surface area contributed by atoms with Crippen LogP contribution in [0.1, 0.15) is 42.9 Å². The Morgan fingerprint density at radius 2 is 1.88 bits per heavy atom. The monoisotopic (exact) mass is 337 g/mol. The fraction of sp³-hybridized carbons (Fsp3) is 0.500. The minimum Gasteiger partial charge on any atom is -0.367 e. The zero-order valence-corrected chi connectivity index (χ0v) is 16.1. The molecule has 0 bridgehead atoms. The average Bonchev–Trinajstić information content (AvgIpc) is 2.92. The minimum atomic E-state index is 0.590. The van der Waals surface area contributed by atoms with Crippen LogP contribution >= 0.6 is 0 Å². The first-order valence-corrected chi connectivity index (χ1v) is 9.58. The number of pyridine rings is 1. The van der Waals surface area contributed by atoms with E-state index in [1.165, 1.54) is 23.2 Å². The van der Waals surface area contributed by atoms with Crippen molar-refractivity contribution in [2.75, 3.05) is 31.6 Å². The Hall–Kier alpha value is -1.87. The van der Waals surface area contributed by atoms with Gasteiger partial charge >= 0.3 is 0 Å². The summed E-state index contributed by atoms with van der Waals surface area (Å²) in [7, 11) is 2.24.